The molecule has 0 amide bonds. The molecule has 140 valence electrons. The Labute approximate surface area is 157 Å². The molecule has 9 nitrogen and oxygen atoms in total. The van der Waals surface area contributed by atoms with Crippen molar-refractivity contribution < 1.29 is 14.5 Å². The molecule has 0 radical (unpaired) electrons. The molecule has 3 rings (SSSR count). The van der Waals surface area contributed by atoms with Crippen molar-refractivity contribution in [2.24, 2.45) is 0 Å². The van der Waals surface area contributed by atoms with Crippen LogP contribution in [0.2, 0.25) is 0 Å². The molecule has 3 aromatic rings. The van der Waals surface area contributed by atoms with Crippen LogP contribution in [0.5, 0.6) is 5.75 Å². The summed E-state index contributed by atoms with van der Waals surface area (Å²) in [5, 5.41) is 11.0. The van der Waals surface area contributed by atoms with Gasteiger partial charge in [0.2, 0.25) is 0 Å². The number of H-pyrrole nitrogens is 2. The molecule has 2 N–H and O–H groups in total. The minimum absolute atomic E-state index is 0.245. The van der Waals surface area contributed by atoms with Crippen LogP contribution in [0.25, 0.3) is 12.2 Å². The van der Waals surface area contributed by atoms with Crippen LogP contribution >= 0.6 is 0 Å². The molecule has 0 aliphatic heterocycles. The van der Waals surface area contributed by atoms with Crippen LogP contribution in [0, 0.1) is 10.1 Å². The van der Waals surface area contributed by atoms with Crippen molar-refractivity contribution in [1.82, 2.24) is 9.97 Å². The van der Waals surface area contributed by atoms with Crippen molar-refractivity contribution in [1.29, 1.82) is 0 Å². The van der Waals surface area contributed by atoms with E-state index >= 15 is 0 Å². The fourth-order valence-corrected chi connectivity index (χ4v) is 2.40. The van der Waals surface area contributed by atoms with E-state index in [9.17, 15) is 24.5 Å². The molecule has 0 unspecified atom stereocenters. The number of nitrogens with zero attached hydrogens (tertiary/aromatic N) is 1. The molecule has 9 heteroatoms. The van der Waals surface area contributed by atoms with Gasteiger partial charge in [0.25, 0.3) is 0 Å². The largest absolute Gasteiger partial charge is 0.423 e. The van der Waals surface area contributed by atoms with Gasteiger partial charge >= 0.3 is 22.9 Å². The third kappa shape index (κ3) is 4.28. The summed E-state index contributed by atoms with van der Waals surface area (Å²) in [5.41, 5.74) is -2.05. The number of benzene rings is 2. The van der Waals surface area contributed by atoms with Gasteiger partial charge in [0.1, 0.15) is 11.4 Å². The lowest BCUT2D eigenvalue weighted by Gasteiger charge is -2.05. The molecule has 28 heavy (non-hydrogen) atoms. The van der Waals surface area contributed by atoms with Crippen molar-refractivity contribution in [2.75, 3.05) is 0 Å². The lowest BCUT2D eigenvalue weighted by Crippen LogP contribution is -2.25. The molecule has 0 saturated carbocycles. The van der Waals surface area contributed by atoms with E-state index in [1.165, 1.54) is 18.2 Å². The van der Waals surface area contributed by atoms with Gasteiger partial charge in [-0.3, -0.25) is 19.9 Å². The predicted molar refractivity (Wildman–Crippen MR) is 101 cm³/mol. The summed E-state index contributed by atoms with van der Waals surface area (Å²) >= 11 is 0. The lowest BCUT2D eigenvalue weighted by atomic mass is 10.2. The van der Waals surface area contributed by atoms with E-state index in [-0.39, 0.29) is 11.4 Å². The standard InChI is InChI=1S/C19H13N3O6/c23-17-16(22(26)27)15(20-19(25)21-17)10-9-12-5-4-8-14(11-12)28-18(24)13-6-2-1-3-7-13/h1-11H,(H2,20,21,23,25)/b10-9+. The van der Waals surface area contributed by atoms with E-state index < -0.39 is 27.8 Å². The van der Waals surface area contributed by atoms with Gasteiger partial charge in [-0.05, 0) is 35.9 Å². The van der Waals surface area contributed by atoms with E-state index in [2.05, 4.69) is 4.98 Å². The van der Waals surface area contributed by atoms with Gasteiger partial charge in [0.15, 0.2) is 0 Å². The van der Waals surface area contributed by atoms with E-state index in [1.807, 2.05) is 0 Å². The van der Waals surface area contributed by atoms with Gasteiger partial charge < -0.3 is 9.72 Å². The Morgan fingerprint density at radius 3 is 2.46 bits per heavy atom. The topological polar surface area (TPSA) is 135 Å². The second-order valence-corrected chi connectivity index (χ2v) is 5.59. The Morgan fingerprint density at radius 2 is 1.75 bits per heavy atom. The molecule has 1 heterocycles. The summed E-state index contributed by atoms with van der Waals surface area (Å²) in [7, 11) is 0. The highest BCUT2D eigenvalue weighted by molar-refractivity contribution is 5.91. The van der Waals surface area contributed by atoms with Crippen molar-refractivity contribution in [3.8, 4) is 5.75 Å². The SMILES string of the molecule is O=C(Oc1cccc(/C=C/c2[nH]c(=O)[nH]c(=O)c2[N+](=O)[O-])c1)c1ccccc1. The Hall–Kier alpha value is -4.27. The molecule has 0 aliphatic carbocycles. The average molecular weight is 379 g/mol. The number of nitro groups is 1. The molecule has 0 fully saturated rings. The summed E-state index contributed by atoms with van der Waals surface area (Å²) in [6.45, 7) is 0. The highest BCUT2D eigenvalue weighted by Crippen LogP contribution is 2.18. The van der Waals surface area contributed by atoms with Gasteiger partial charge in [0, 0.05) is 0 Å². The molecule has 2 aromatic carbocycles. The number of hydrogen-bond donors (Lipinski definition) is 2. The maximum atomic E-state index is 12.1. The number of aromatic nitrogens is 2. The van der Waals surface area contributed by atoms with Gasteiger partial charge in [-0.15, -0.1) is 0 Å². The number of hydrogen-bond acceptors (Lipinski definition) is 6. The molecular formula is C19H13N3O6. The first-order valence-corrected chi connectivity index (χ1v) is 8.00. The molecular weight excluding hydrogens is 366 g/mol. The van der Waals surface area contributed by atoms with Crippen LogP contribution in [0.1, 0.15) is 21.6 Å². The maximum Gasteiger partial charge on any atom is 0.357 e. The summed E-state index contributed by atoms with van der Waals surface area (Å²) in [6.07, 6.45) is 2.67. The van der Waals surface area contributed by atoms with Crippen LogP contribution in [-0.4, -0.2) is 20.9 Å². The average Bonchev–Trinajstić information content (AvgIpc) is 2.66. The molecule has 0 saturated heterocycles. The number of rotatable bonds is 5. The normalized spacial score (nSPS) is 10.7. The minimum atomic E-state index is -1.10. The van der Waals surface area contributed by atoms with E-state index in [0.29, 0.717) is 11.1 Å². The number of aromatic amines is 2. The molecule has 0 aliphatic rings. The van der Waals surface area contributed by atoms with Crippen LogP contribution in [-0.2, 0) is 0 Å². The van der Waals surface area contributed by atoms with E-state index in [4.69, 9.17) is 4.74 Å². The highest BCUT2D eigenvalue weighted by Gasteiger charge is 2.18. The Bertz CT molecular complexity index is 1180. The van der Waals surface area contributed by atoms with Crippen LogP contribution in [0.4, 0.5) is 5.69 Å². The smallest absolute Gasteiger partial charge is 0.357 e. The zero-order chi connectivity index (χ0) is 20.1. The van der Waals surface area contributed by atoms with Gasteiger partial charge in [-0.25, -0.2) is 9.59 Å². The molecule has 0 bridgehead atoms. The van der Waals surface area contributed by atoms with Crippen molar-refractivity contribution in [3.05, 3.63) is 102 Å². The predicted octanol–water partition coefficient (Wildman–Crippen LogP) is 2.36. The molecule has 1 aromatic heterocycles. The summed E-state index contributed by atoms with van der Waals surface area (Å²) < 4.78 is 5.30. The second-order valence-electron chi connectivity index (χ2n) is 5.59. The van der Waals surface area contributed by atoms with Crippen LogP contribution in [0.3, 0.4) is 0 Å². The zero-order valence-corrected chi connectivity index (χ0v) is 14.2. The highest BCUT2D eigenvalue weighted by atomic mass is 16.6. The summed E-state index contributed by atoms with van der Waals surface area (Å²) in [6, 6.07) is 14.8. The van der Waals surface area contributed by atoms with Gasteiger partial charge in [-0.1, -0.05) is 36.4 Å². The monoisotopic (exact) mass is 379 g/mol. The number of nitrogens with one attached hydrogen (secondary N) is 2. The maximum absolute atomic E-state index is 12.1. The minimum Gasteiger partial charge on any atom is -0.423 e. The fraction of sp³-hybridized carbons (Fsp3) is 0. The number of ether oxygens (including phenoxy) is 1. The van der Waals surface area contributed by atoms with Crippen LogP contribution in [0.15, 0.2) is 64.2 Å². The Morgan fingerprint density at radius 1 is 1.00 bits per heavy atom. The Balaban J connectivity index is 1.86. The van der Waals surface area contributed by atoms with E-state index in [0.717, 1.165) is 0 Å². The first kappa shape index (κ1) is 18.5. The van der Waals surface area contributed by atoms with Crippen molar-refractivity contribution in [2.45, 2.75) is 0 Å². The Kier molecular flexibility index (Phi) is 5.26. The van der Waals surface area contributed by atoms with Crippen LogP contribution < -0.4 is 16.0 Å². The first-order valence-electron chi connectivity index (χ1n) is 8.00. The number of carbonyl (C=O) groups is 1. The van der Waals surface area contributed by atoms with E-state index in [1.54, 1.807) is 53.5 Å². The third-order valence-corrected chi connectivity index (χ3v) is 3.65. The quantitative estimate of drug-likeness (QED) is 0.302. The first-order chi connectivity index (χ1) is 13.4. The number of carbonyl (C=O) groups excluding carboxylic acids is 1. The zero-order valence-electron chi connectivity index (χ0n) is 14.2. The lowest BCUT2D eigenvalue weighted by molar-refractivity contribution is -0.386. The third-order valence-electron chi connectivity index (χ3n) is 3.65. The fourth-order valence-electron chi connectivity index (χ4n) is 2.40. The molecule has 0 spiro atoms. The van der Waals surface area contributed by atoms with Gasteiger partial charge in [0.05, 0.1) is 10.5 Å². The second kappa shape index (κ2) is 7.96. The van der Waals surface area contributed by atoms with Crippen molar-refractivity contribution >= 4 is 23.8 Å². The van der Waals surface area contributed by atoms with Crippen molar-refractivity contribution in [3.63, 3.8) is 0 Å². The number of esters is 1. The van der Waals surface area contributed by atoms with Gasteiger partial charge in [-0.2, -0.15) is 0 Å². The summed E-state index contributed by atoms with van der Waals surface area (Å²) in [5.74, 6) is -0.263. The summed E-state index contributed by atoms with van der Waals surface area (Å²) in [4.78, 5) is 49.3. The molecule has 0 atom stereocenters.